The number of halogens is 2. The molecule has 0 N–H and O–H groups in total. The van der Waals surface area contributed by atoms with Gasteiger partial charge in [0.15, 0.2) is 0 Å². The summed E-state index contributed by atoms with van der Waals surface area (Å²) in [5, 5.41) is 0.610. The quantitative estimate of drug-likeness (QED) is 0.831. The van der Waals surface area contributed by atoms with E-state index in [2.05, 4.69) is 15.9 Å². The fraction of sp³-hybridized carbons (Fsp3) is 0.462. The predicted molar refractivity (Wildman–Crippen MR) is 75.1 cm³/mol. The fourth-order valence-electron chi connectivity index (χ4n) is 2.23. The standard InChI is InChI=1S/C13H15BrClNO2/c1-8-12(5-6-18-8)16(2)13(17)10-4-3-9(15)7-11(10)14/h3-4,7-8,12H,5-6H2,1-2H3. The molecule has 5 heteroatoms. The molecule has 1 aromatic rings. The number of carbonyl (C=O) groups is 1. The molecule has 0 aliphatic carbocycles. The van der Waals surface area contributed by atoms with Crippen molar-refractivity contribution in [2.24, 2.45) is 0 Å². The van der Waals surface area contributed by atoms with Crippen LogP contribution in [0.1, 0.15) is 23.7 Å². The van der Waals surface area contributed by atoms with Gasteiger partial charge in [-0.3, -0.25) is 4.79 Å². The van der Waals surface area contributed by atoms with Gasteiger partial charge >= 0.3 is 0 Å². The number of carbonyl (C=O) groups excluding carboxylic acids is 1. The van der Waals surface area contributed by atoms with Crippen molar-refractivity contribution < 1.29 is 9.53 Å². The maximum absolute atomic E-state index is 12.4. The van der Waals surface area contributed by atoms with Gasteiger partial charge in [0.05, 0.1) is 17.7 Å². The van der Waals surface area contributed by atoms with Gasteiger partial charge < -0.3 is 9.64 Å². The van der Waals surface area contributed by atoms with Crippen molar-refractivity contribution in [1.82, 2.24) is 4.90 Å². The van der Waals surface area contributed by atoms with Gasteiger partial charge in [0, 0.05) is 23.1 Å². The topological polar surface area (TPSA) is 29.5 Å². The van der Waals surface area contributed by atoms with E-state index in [1.807, 2.05) is 14.0 Å². The van der Waals surface area contributed by atoms with Gasteiger partial charge in [-0.25, -0.2) is 0 Å². The minimum Gasteiger partial charge on any atom is -0.376 e. The molecule has 98 valence electrons. The van der Waals surface area contributed by atoms with E-state index in [0.717, 1.165) is 10.9 Å². The largest absolute Gasteiger partial charge is 0.376 e. The van der Waals surface area contributed by atoms with E-state index in [9.17, 15) is 4.79 Å². The van der Waals surface area contributed by atoms with Gasteiger partial charge in [0.2, 0.25) is 0 Å². The molecule has 18 heavy (non-hydrogen) atoms. The highest BCUT2D eigenvalue weighted by atomic mass is 79.9. The average Bonchev–Trinajstić information content (AvgIpc) is 2.74. The van der Waals surface area contributed by atoms with Crippen molar-refractivity contribution in [2.75, 3.05) is 13.7 Å². The molecule has 1 heterocycles. The summed E-state index contributed by atoms with van der Waals surface area (Å²) in [6, 6.07) is 5.34. The SMILES string of the molecule is CC1OCCC1N(C)C(=O)c1ccc(Cl)cc1Br. The summed E-state index contributed by atoms with van der Waals surface area (Å²) in [5.41, 5.74) is 0.626. The molecule has 0 saturated carbocycles. The maximum Gasteiger partial charge on any atom is 0.255 e. The van der Waals surface area contributed by atoms with Crippen LogP contribution in [0.15, 0.2) is 22.7 Å². The Kier molecular flexibility index (Phi) is 4.30. The molecule has 1 aromatic carbocycles. The first-order chi connectivity index (χ1) is 8.50. The second-order valence-electron chi connectivity index (χ2n) is 4.47. The van der Waals surface area contributed by atoms with Crippen LogP contribution in [0.2, 0.25) is 5.02 Å². The zero-order valence-electron chi connectivity index (χ0n) is 10.3. The lowest BCUT2D eigenvalue weighted by molar-refractivity contribution is 0.0574. The summed E-state index contributed by atoms with van der Waals surface area (Å²) in [6.07, 6.45) is 0.972. The van der Waals surface area contributed by atoms with Crippen molar-refractivity contribution in [2.45, 2.75) is 25.5 Å². The van der Waals surface area contributed by atoms with E-state index < -0.39 is 0 Å². The number of rotatable bonds is 2. The number of amides is 1. The molecular weight excluding hydrogens is 318 g/mol. The van der Waals surface area contributed by atoms with Crippen molar-refractivity contribution in [1.29, 1.82) is 0 Å². The van der Waals surface area contributed by atoms with Gasteiger partial charge in [-0.1, -0.05) is 11.6 Å². The van der Waals surface area contributed by atoms with E-state index in [1.165, 1.54) is 0 Å². The molecule has 0 spiro atoms. The number of benzene rings is 1. The summed E-state index contributed by atoms with van der Waals surface area (Å²) in [6.45, 7) is 2.71. The van der Waals surface area contributed by atoms with Crippen LogP contribution < -0.4 is 0 Å². The Morgan fingerprint density at radius 1 is 1.56 bits per heavy atom. The molecule has 2 rings (SSSR count). The third-order valence-electron chi connectivity index (χ3n) is 3.32. The van der Waals surface area contributed by atoms with Crippen LogP contribution in [0.5, 0.6) is 0 Å². The minimum atomic E-state index is -0.0131. The molecule has 2 unspecified atom stereocenters. The molecule has 1 aliphatic heterocycles. The highest BCUT2D eigenvalue weighted by molar-refractivity contribution is 9.10. The van der Waals surface area contributed by atoms with Gasteiger partial charge in [0.25, 0.3) is 5.91 Å². The molecule has 1 saturated heterocycles. The fourth-order valence-corrected chi connectivity index (χ4v) is 3.08. The molecule has 0 aromatic heterocycles. The first kappa shape index (κ1) is 13.8. The van der Waals surface area contributed by atoms with E-state index in [-0.39, 0.29) is 18.1 Å². The zero-order chi connectivity index (χ0) is 13.3. The van der Waals surface area contributed by atoms with Gasteiger partial charge in [-0.15, -0.1) is 0 Å². The third kappa shape index (κ3) is 2.71. The van der Waals surface area contributed by atoms with Crippen molar-refractivity contribution in [3.05, 3.63) is 33.3 Å². The highest BCUT2D eigenvalue weighted by Crippen LogP contribution is 2.25. The van der Waals surface area contributed by atoms with E-state index in [4.69, 9.17) is 16.3 Å². The molecule has 3 nitrogen and oxygen atoms in total. The molecule has 1 fully saturated rings. The van der Waals surface area contributed by atoms with E-state index >= 15 is 0 Å². The lowest BCUT2D eigenvalue weighted by Crippen LogP contribution is -2.41. The van der Waals surface area contributed by atoms with Gasteiger partial charge in [-0.2, -0.15) is 0 Å². The molecule has 1 amide bonds. The summed E-state index contributed by atoms with van der Waals surface area (Å²) >= 11 is 9.25. The molecule has 1 aliphatic rings. The van der Waals surface area contributed by atoms with Crippen molar-refractivity contribution in [3.8, 4) is 0 Å². The Morgan fingerprint density at radius 3 is 2.83 bits per heavy atom. The van der Waals surface area contributed by atoms with E-state index in [0.29, 0.717) is 17.2 Å². The second-order valence-corrected chi connectivity index (χ2v) is 5.76. The maximum atomic E-state index is 12.4. The average molecular weight is 333 g/mol. The summed E-state index contributed by atoms with van der Waals surface area (Å²) in [5.74, 6) is -0.0131. The Hall–Kier alpha value is -0.580. The Morgan fingerprint density at radius 2 is 2.28 bits per heavy atom. The van der Waals surface area contributed by atoms with E-state index in [1.54, 1.807) is 23.1 Å². The third-order valence-corrected chi connectivity index (χ3v) is 4.21. The number of ether oxygens (including phenoxy) is 1. The number of nitrogens with zero attached hydrogens (tertiary/aromatic N) is 1. The number of likely N-dealkylation sites (N-methyl/N-ethyl adjacent to an activating group) is 1. The Balaban J connectivity index is 2.20. The first-order valence-corrected chi connectivity index (χ1v) is 7.01. The highest BCUT2D eigenvalue weighted by Gasteiger charge is 2.31. The summed E-state index contributed by atoms with van der Waals surface area (Å²) in [7, 11) is 1.82. The zero-order valence-corrected chi connectivity index (χ0v) is 12.7. The van der Waals surface area contributed by atoms with Crippen LogP contribution in [0.4, 0.5) is 0 Å². The molecular formula is C13H15BrClNO2. The smallest absolute Gasteiger partial charge is 0.255 e. The van der Waals surface area contributed by atoms with Crippen molar-refractivity contribution in [3.63, 3.8) is 0 Å². The Bertz CT molecular complexity index is 466. The lowest BCUT2D eigenvalue weighted by Gasteiger charge is -2.27. The number of hydrogen-bond acceptors (Lipinski definition) is 2. The van der Waals surface area contributed by atoms with Crippen LogP contribution in [-0.4, -0.2) is 36.6 Å². The van der Waals surface area contributed by atoms with Gasteiger partial charge in [-0.05, 0) is 47.5 Å². The normalized spacial score (nSPS) is 23.1. The van der Waals surface area contributed by atoms with Crippen LogP contribution >= 0.6 is 27.5 Å². The van der Waals surface area contributed by atoms with Gasteiger partial charge in [0.1, 0.15) is 0 Å². The summed E-state index contributed by atoms with van der Waals surface area (Å²) in [4.78, 5) is 14.2. The monoisotopic (exact) mass is 331 g/mol. The van der Waals surface area contributed by atoms with Crippen LogP contribution in [0.25, 0.3) is 0 Å². The molecule has 2 atom stereocenters. The minimum absolute atomic E-state index is 0.0131. The second kappa shape index (κ2) is 5.59. The predicted octanol–water partition coefficient (Wildman–Crippen LogP) is 3.35. The van der Waals surface area contributed by atoms with Crippen molar-refractivity contribution >= 4 is 33.4 Å². The van der Waals surface area contributed by atoms with Crippen LogP contribution in [0.3, 0.4) is 0 Å². The number of hydrogen-bond donors (Lipinski definition) is 0. The molecule has 0 radical (unpaired) electrons. The lowest BCUT2D eigenvalue weighted by atomic mass is 10.1. The first-order valence-electron chi connectivity index (χ1n) is 5.84. The Labute approximate surface area is 120 Å². The summed E-state index contributed by atoms with van der Waals surface area (Å²) < 4.78 is 6.22. The molecule has 0 bridgehead atoms. The van der Waals surface area contributed by atoms with Crippen LogP contribution in [0, 0.1) is 0 Å². The van der Waals surface area contributed by atoms with Crippen LogP contribution in [-0.2, 0) is 4.74 Å².